The monoisotopic (exact) mass is 319 g/mol. The number of hydrogen-bond acceptors (Lipinski definition) is 4. The molecule has 0 saturated carbocycles. The van der Waals surface area contributed by atoms with Gasteiger partial charge in [0.2, 0.25) is 0 Å². The van der Waals surface area contributed by atoms with E-state index in [-0.39, 0.29) is 11.7 Å². The van der Waals surface area contributed by atoms with Crippen molar-refractivity contribution in [2.75, 3.05) is 33.9 Å². The first-order valence-corrected chi connectivity index (χ1v) is 8.69. The Hall–Kier alpha value is -0.160. The molecule has 0 aliphatic carbocycles. The summed E-state index contributed by atoms with van der Waals surface area (Å²) in [4.78, 5) is 2.17. The molecule has 1 fully saturated rings. The van der Waals surface area contributed by atoms with E-state index >= 15 is 0 Å². The van der Waals surface area contributed by atoms with Crippen molar-refractivity contribution in [1.29, 1.82) is 0 Å². The van der Waals surface area contributed by atoms with E-state index in [9.17, 15) is 0 Å². The molecule has 0 spiro atoms. The third-order valence-corrected chi connectivity index (χ3v) is 3.54. The largest absolute Gasteiger partial charge is 0.392 e. The molecule has 1 heterocycles. The number of likely N-dealkylation sites (N-methyl/N-ethyl adjacent to an activating group) is 1. The van der Waals surface area contributed by atoms with Crippen molar-refractivity contribution in [2.24, 2.45) is 5.92 Å². The molecule has 0 aromatic rings. The fraction of sp³-hybridized carbons (Fsp3) is 1.00. The van der Waals surface area contributed by atoms with Gasteiger partial charge >= 0.3 is 0 Å². The van der Waals surface area contributed by atoms with Gasteiger partial charge in [-0.25, -0.2) is 0 Å². The van der Waals surface area contributed by atoms with E-state index in [0.717, 1.165) is 26.0 Å². The molecular formula is C18H41NO3. The molecule has 0 bridgehead atoms. The van der Waals surface area contributed by atoms with Crippen molar-refractivity contribution in [3.05, 3.63) is 0 Å². The van der Waals surface area contributed by atoms with Crippen molar-refractivity contribution in [2.45, 2.75) is 79.1 Å². The summed E-state index contributed by atoms with van der Waals surface area (Å²) in [6.07, 6.45) is 1.99. The SMILES string of the molecule is CC.CC1CC(O)CN1C.COCC(C)(C)OCCC(C)C. The summed E-state index contributed by atoms with van der Waals surface area (Å²) in [5, 5.41) is 9.03. The van der Waals surface area contributed by atoms with Crippen molar-refractivity contribution in [1.82, 2.24) is 4.90 Å². The third kappa shape index (κ3) is 13.5. The maximum absolute atomic E-state index is 9.03. The van der Waals surface area contributed by atoms with E-state index in [1.807, 2.05) is 20.9 Å². The highest BCUT2D eigenvalue weighted by molar-refractivity contribution is 4.78. The average Bonchev–Trinajstić information content (AvgIpc) is 2.68. The number of ether oxygens (including phenoxy) is 2. The molecule has 0 aromatic carbocycles. The van der Waals surface area contributed by atoms with E-state index in [2.05, 4.69) is 39.5 Å². The lowest BCUT2D eigenvalue weighted by Crippen LogP contribution is -2.30. The lowest BCUT2D eigenvalue weighted by Gasteiger charge is -2.24. The molecule has 0 aromatic heterocycles. The van der Waals surface area contributed by atoms with Gasteiger partial charge in [-0.1, -0.05) is 27.7 Å². The molecule has 1 aliphatic rings. The Morgan fingerprint density at radius 2 is 1.82 bits per heavy atom. The van der Waals surface area contributed by atoms with Crippen LogP contribution in [0.25, 0.3) is 0 Å². The van der Waals surface area contributed by atoms with E-state index in [1.54, 1.807) is 7.11 Å². The minimum atomic E-state index is -0.135. The number of rotatable bonds is 6. The molecule has 22 heavy (non-hydrogen) atoms. The van der Waals surface area contributed by atoms with Crippen LogP contribution in [0.4, 0.5) is 0 Å². The van der Waals surface area contributed by atoms with Crippen LogP contribution in [0, 0.1) is 5.92 Å². The Bertz CT molecular complexity index is 234. The van der Waals surface area contributed by atoms with Gasteiger partial charge in [0, 0.05) is 26.3 Å². The normalized spacial score (nSPS) is 22.0. The zero-order valence-electron chi connectivity index (χ0n) is 16.5. The van der Waals surface area contributed by atoms with Crippen LogP contribution in [0.15, 0.2) is 0 Å². The Labute approximate surface area is 139 Å². The number of methoxy groups -OCH3 is 1. The van der Waals surface area contributed by atoms with Crippen molar-refractivity contribution in [3.63, 3.8) is 0 Å². The Balaban J connectivity index is 0. The van der Waals surface area contributed by atoms with Crippen LogP contribution < -0.4 is 0 Å². The van der Waals surface area contributed by atoms with E-state index in [4.69, 9.17) is 14.6 Å². The van der Waals surface area contributed by atoms with Gasteiger partial charge in [-0.3, -0.25) is 0 Å². The molecule has 4 heteroatoms. The quantitative estimate of drug-likeness (QED) is 0.812. The molecular weight excluding hydrogens is 278 g/mol. The average molecular weight is 320 g/mol. The molecule has 2 atom stereocenters. The second-order valence-electron chi connectivity index (χ2n) is 6.90. The molecule has 1 rings (SSSR count). The Morgan fingerprint density at radius 1 is 1.27 bits per heavy atom. The molecule has 1 N–H and O–H groups in total. The lowest BCUT2D eigenvalue weighted by atomic mass is 10.1. The summed E-state index contributed by atoms with van der Waals surface area (Å²) in [7, 11) is 3.74. The molecule has 1 saturated heterocycles. The maximum atomic E-state index is 9.03. The maximum Gasteiger partial charge on any atom is 0.0858 e. The van der Waals surface area contributed by atoms with Crippen LogP contribution in [0.5, 0.6) is 0 Å². The van der Waals surface area contributed by atoms with Crippen LogP contribution in [0.2, 0.25) is 0 Å². The molecule has 1 aliphatic heterocycles. The van der Waals surface area contributed by atoms with Crippen LogP contribution >= 0.6 is 0 Å². The number of nitrogens with zero attached hydrogens (tertiary/aromatic N) is 1. The van der Waals surface area contributed by atoms with Crippen LogP contribution in [-0.2, 0) is 9.47 Å². The third-order valence-electron chi connectivity index (χ3n) is 3.54. The smallest absolute Gasteiger partial charge is 0.0858 e. The predicted octanol–water partition coefficient (Wildman–Crippen LogP) is 3.57. The van der Waals surface area contributed by atoms with Gasteiger partial charge in [-0.05, 0) is 46.6 Å². The van der Waals surface area contributed by atoms with E-state index in [0.29, 0.717) is 18.6 Å². The van der Waals surface area contributed by atoms with Gasteiger partial charge in [-0.2, -0.15) is 0 Å². The summed E-state index contributed by atoms with van der Waals surface area (Å²) in [6.45, 7) is 17.0. The highest BCUT2D eigenvalue weighted by atomic mass is 16.5. The minimum Gasteiger partial charge on any atom is -0.392 e. The Morgan fingerprint density at radius 3 is 2.09 bits per heavy atom. The highest BCUT2D eigenvalue weighted by Gasteiger charge is 2.23. The number of aliphatic hydroxyl groups excluding tert-OH is 1. The zero-order valence-corrected chi connectivity index (χ0v) is 16.5. The highest BCUT2D eigenvalue weighted by Crippen LogP contribution is 2.13. The second kappa shape index (κ2) is 13.3. The van der Waals surface area contributed by atoms with E-state index < -0.39 is 0 Å². The van der Waals surface area contributed by atoms with Gasteiger partial charge in [-0.15, -0.1) is 0 Å². The van der Waals surface area contributed by atoms with Gasteiger partial charge in [0.25, 0.3) is 0 Å². The first kappa shape index (κ1) is 24.1. The minimum absolute atomic E-state index is 0.0741. The Kier molecular flexibility index (Phi) is 14.6. The van der Waals surface area contributed by atoms with Gasteiger partial charge in [0.15, 0.2) is 0 Å². The van der Waals surface area contributed by atoms with E-state index in [1.165, 1.54) is 0 Å². The first-order chi connectivity index (χ1) is 10.2. The topological polar surface area (TPSA) is 41.9 Å². The number of β-amino-alcohol motifs (C(OH)–C–C–N with tert-alkyl or cyclic N) is 1. The molecule has 0 amide bonds. The molecule has 0 radical (unpaired) electrons. The van der Waals surface area contributed by atoms with Crippen molar-refractivity contribution in [3.8, 4) is 0 Å². The predicted molar refractivity (Wildman–Crippen MR) is 95.4 cm³/mol. The fourth-order valence-corrected chi connectivity index (χ4v) is 2.12. The summed E-state index contributed by atoms with van der Waals surface area (Å²) >= 11 is 0. The summed E-state index contributed by atoms with van der Waals surface area (Å²) in [6, 6.07) is 0.574. The summed E-state index contributed by atoms with van der Waals surface area (Å²) in [5.74, 6) is 0.711. The van der Waals surface area contributed by atoms with Crippen molar-refractivity contribution >= 4 is 0 Å². The van der Waals surface area contributed by atoms with Crippen LogP contribution in [0.3, 0.4) is 0 Å². The lowest BCUT2D eigenvalue weighted by molar-refractivity contribution is -0.0673. The molecule has 2 unspecified atom stereocenters. The van der Waals surface area contributed by atoms with Crippen LogP contribution in [-0.4, -0.2) is 61.7 Å². The molecule has 136 valence electrons. The second-order valence-corrected chi connectivity index (χ2v) is 6.90. The molecule has 4 nitrogen and oxygen atoms in total. The van der Waals surface area contributed by atoms with Gasteiger partial charge in [0.1, 0.15) is 0 Å². The summed E-state index contributed by atoms with van der Waals surface area (Å²) < 4.78 is 10.7. The summed E-state index contributed by atoms with van der Waals surface area (Å²) in [5.41, 5.74) is -0.135. The first-order valence-electron chi connectivity index (χ1n) is 8.69. The zero-order chi connectivity index (χ0) is 17.8. The standard InChI is InChI=1S/C10H22O2.C6H13NO.C2H6/c1-9(2)6-7-12-10(3,4)8-11-5;1-5-3-6(8)4-7(5)2;1-2/h9H,6-8H2,1-5H3;5-6,8H,3-4H2,1-2H3;1-2H3. The number of hydrogen-bond donors (Lipinski definition) is 1. The van der Waals surface area contributed by atoms with Crippen molar-refractivity contribution < 1.29 is 14.6 Å². The van der Waals surface area contributed by atoms with Gasteiger partial charge in [0.05, 0.1) is 18.3 Å². The van der Waals surface area contributed by atoms with Crippen LogP contribution in [0.1, 0.15) is 61.3 Å². The number of likely N-dealkylation sites (tertiary alicyclic amines) is 1. The van der Waals surface area contributed by atoms with Gasteiger partial charge < -0.3 is 19.5 Å². The number of aliphatic hydroxyl groups is 1. The fourth-order valence-electron chi connectivity index (χ4n) is 2.12.